The summed E-state index contributed by atoms with van der Waals surface area (Å²) in [5.74, 6) is 0.899. The van der Waals surface area contributed by atoms with E-state index in [0.717, 1.165) is 12.0 Å². The maximum Gasteiger partial charge on any atom is 0.140 e. The minimum atomic E-state index is 0.100. The predicted octanol–water partition coefficient (Wildman–Crippen LogP) is 2.10. The molecule has 0 aliphatic heterocycles. The molecule has 1 aromatic carbocycles. The molecule has 0 saturated heterocycles. The second-order valence-corrected chi connectivity index (χ2v) is 4.11. The van der Waals surface area contributed by atoms with Crippen molar-refractivity contribution < 1.29 is 4.79 Å². The normalized spacial score (nSPS) is 27.5. The smallest absolute Gasteiger partial charge is 0.140 e. The van der Waals surface area contributed by atoms with Gasteiger partial charge in [0.2, 0.25) is 0 Å². The molecule has 3 rings (SSSR count). The zero-order valence-electron chi connectivity index (χ0n) is 7.66. The van der Waals surface area contributed by atoms with E-state index in [1.54, 1.807) is 0 Å². The monoisotopic (exact) mass is 183 g/mol. The molecule has 1 aromatic rings. The summed E-state index contributed by atoms with van der Waals surface area (Å²) in [7, 11) is 0. The highest BCUT2D eigenvalue weighted by molar-refractivity contribution is 5.92. The van der Waals surface area contributed by atoms with Crippen LogP contribution in [0.3, 0.4) is 0 Å². The molecule has 0 aromatic heterocycles. The highest BCUT2D eigenvalue weighted by Crippen LogP contribution is 2.50. The number of ketones is 1. The Labute approximate surface area is 82.2 Å². The number of rotatable bonds is 0. The van der Waals surface area contributed by atoms with Gasteiger partial charge >= 0.3 is 0 Å². The molecule has 2 aliphatic carbocycles. The minimum absolute atomic E-state index is 0.100. The van der Waals surface area contributed by atoms with Gasteiger partial charge in [-0.15, -0.1) is 0 Å². The van der Waals surface area contributed by atoms with Crippen molar-refractivity contribution in [3.8, 4) is 6.07 Å². The lowest BCUT2D eigenvalue weighted by Gasteiger charge is -2.13. The Bertz CT molecular complexity index is 470. The van der Waals surface area contributed by atoms with Crippen LogP contribution < -0.4 is 0 Å². The van der Waals surface area contributed by atoms with E-state index in [4.69, 9.17) is 5.26 Å². The van der Waals surface area contributed by atoms with Gasteiger partial charge in [0.05, 0.1) is 11.6 Å². The number of hydrogen-bond donors (Lipinski definition) is 0. The van der Waals surface area contributed by atoms with Crippen LogP contribution in [0.15, 0.2) is 18.2 Å². The number of hydrogen-bond acceptors (Lipinski definition) is 2. The van der Waals surface area contributed by atoms with Crippen LogP contribution in [0.5, 0.6) is 0 Å². The van der Waals surface area contributed by atoms with Gasteiger partial charge in [-0.05, 0) is 35.6 Å². The van der Waals surface area contributed by atoms with Crippen LogP contribution >= 0.6 is 0 Å². The van der Waals surface area contributed by atoms with Crippen molar-refractivity contribution in [1.29, 1.82) is 5.26 Å². The molecule has 0 spiro atoms. The molecule has 14 heavy (non-hydrogen) atoms. The maximum atomic E-state index is 11.5. The summed E-state index contributed by atoms with van der Waals surface area (Å²) in [6.45, 7) is 0. The summed E-state index contributed by atoms with van der Waals surface area (Å²) in [6, 6.07) is 7.88. The fraction of sp³-hybridized carbons (Fsp3) is 0.333. The molecule has 0 amide bonds. The first-order valence-electron chi connectivity index (χ1n) is 4.86. The first kappa shape index (κ1) is 7.75. The SMILES string of the molecule is N#Cc1ccc2c(c1)C1CC2CC1=O. The van der Waals surface area contributed by atoms with Gasteiger partial charge < -0.3 is 0 Å². The topological polar surface area (TPSA) is 40.9 Å². The Kier molecular flexibility index (Phi) is 1.36. The summed E-state index contributed by atoms with van der Waals surface area (Å²) >= 11 is 0. The molecule has 2 nitrogen and oxygen atoms in total. The number of benzene rings is 1. The molecule has 0 heterocycles. The lowest BCUT2D eigenvalue weighted by molar-refractivity contribution is -0.118. The lowest BCUT2D eigenvalue weighted by atomic mass is 9.90. The van der Waals surface area contributed by atoms with Crippen molar-refractivity contribution in [1.82, 2.24) is 0 Å². The van der Waals surface area contributed by atoms with Crippen molar-refractivity contribution in [2.75, 3.05) is 0 Å². The molecular weight excluding hydrogens is 174 g/mol. The van der Waals surface area contributed by atoms with E-state index in [1.165, 1.54) is 5.56 Å². The van der Waals surface area contributed by atoms with Crippen molar-refractivity contribution >= 4 is 5.78 Å². The third kappa shape index (κ3) is 0.820. The second-order valence-electron chi connectivity index (χ2n) is 4.11. The van der Waals surface area contributed by atoms with E-state index in [1.807, 2.05) is 18.2 Å². The maximum absolute atomic E-state index is 11.5. The zero-order chi connectivity index (χ0) is 9.71. The van der Waals surface area contributed by atoms with Gasteiger partial charge in [0.1, 0.15) is 5.78 Å². The quantitative estimate of drug-likeness (QED) is 0.618. The number of carbonyl (C=O) groups excluding carboxylic acids is 1. The van der Waals surface area contributed by atoms with Crippen LogP contribution in [0.2, 0.25) is 0 Å². The van der Waals surface area contributed by atoms with Gasteiger partial charge in [-0.2, -0.15) is 5.26 Å². The highest BCUT2D eigenvalue weighted by Gasteiger charge is 2.42. The van der Waals surface area contributed by atoms with Gasteiger partial charge in [0.25, 0.3) is 0 Å². The number of nitrogens with zero attached hydrogens (tertiary/aromatic N) is 1. The zero-order valence-corrected chi connectivity index (χ0v) is 7.66. The standard InChI is InChI=1S/C12H9NO/c13-6-7-1-2-9-8-4-11(10(9)3-7)12(14)5-8/h1-3,8,11H,4-5H2. The molecule has 2 atom stereocenters. The Hall–Kier alpha value is -1.62. The minimum Gasteiger partial charge on any atom is -0.299 e. The second kappa shape index (κ2) is 2.45. The number of nitriles is 1. The van der Waals surface area contributed by atoms with Crippen LogP contribution in [0, 0.1) is 11.3 Å². The Morgan fingerprint density at radius 3 is 3.00 bits per heavy atom. The third-order valence-corrected chi connectivity index (χ3v) is 3.39. The Morgan fingerprint density at radius 2 is 2.21 bits per heavy atom. The van der Waals surface area contributed by atoms with Crippen molar-refractivity contribution in [3.63, 3.8) is 0 Å². The fourth-order valence-corrected chi connectivity index (χ4v) is 2.74. The van der Waals surface area contributed by atoms with Crippen molar-refractivity contribution in [2.45, 2.75) is 24.7 Å². The molecule has 0 N–H and O–H groups in total. The highest BCUT2D eigenvalue weighted by atomic mass is 16.1. The van der Waals surface area contributed by atoms with E-state index in [2.05, 4.69) is 6.07 Å². The molecule has 2 unspecified atom stereocenters. The van der Waals surface area contributed by atoms with E-state index in [0.29, 0.717) is 23.7 Å². The number of fused-ring (bicyclic) bond motifs is 5. The van der Waals surface area contributed by atoms with Gasteiger partial charge in [0, 0.05) is 12.3 Å². The first-order chi connectivity index (χ1) is 6.79. The molecule has 68 valence electrons. The van der Waals surface area contributed by atoms with E-state index in [9.17, 15) is 4.79 Å². The average Bonchev–Trinajstić information content (AvgIpc) is 2.74. The largest absolute Gasteiger partial charge is 0.299 e. The van der Waals surface area contributed by atoms with E-state index >= 15 is 0 Å². The number of carbonyl (C=O) groups is 1. The van der Waals surface area contributed by atoms with Crippen molar-refractivity contribution in [3.05, 3.63) is 34.9 Å². The number of Topliss-reactive ketones (excluding diaryl/α,β-unsaturated/α-hetero) is 1. The van der Waals surface area contributed by atoms with Crippen LogP contribution in [-0.4, -0.2) is 5.78 Å². The fourth-order valence-electron chi connectivity index (χ4n) is 2.74. The third-order valence-electron chi connectivity index (χ3n) is 3.39. The Morgan fingerprint density at radius 1 is 1.36 bits per heavy atom. The van der Waals surface area contributed by atoms with E-state index in [-0.39, 0.29) is 5.92 Å². The summed E-state index contributed by atoms with van der Waals surface area (Å²) in [6.07, 6.45) is 1.69. The molecule has 2 heteroatoms. The first-order valence-corrected chi connectivity index (χ1v) is 4.86. The van der Waals surface area contributed by atoms with Crippen molar-refractivity contribution in [2.24, 2.45) is 0 Å². The molecule has 0 radical (unpaired) electrons. The predicted molar refractivity (Wildman–Crippen MR) is 50.9 cm³/mol. The van der Waals surface area contributed by atoms with Crippen LogP contribution in [0.25, 0.3) is 0 Å². The average molecular weight is 183 g/mol. The molecular formula is C12H9NO. The summed E-state index contributed by atoms with van der Waals surface area (Å²) in [5.41, 5.74) is 3.09. The van der Waals surface area contributed by atoms with Gasteiger partial charge in [-0.3, -0.25) is 4.79 Å². The molecule has 2 bridgehead atoms. The molecule has 2 aliphatic rings. The van der Waals surface area contributed by atoms with Gasteiger partial charge in [-0.25, -0.2) is 0 Å². The van der Waals surface area contributed by atoms with E-state index < -0.39 is 0 Å². The summed E-state index contributed by atoms with van der Waals surface area (Å²) in [5, 5.41) is 8.77. The summed E-state index contributed by atoms with van der Waals surface area (Å²) < 4.78 is 0. The van der Waals surface area contributed by atoms with Gasteiger partial charge in [-0.1, -0.05) is 6.07 Å². The van der Waals surface area contributed by atoms with Crippen LogP contribution in [0.1, 0.15) is 41.4 Å². The molecule has 1 saturated carbocycles. The van der Waals surface area contributed by atoms with Crippen LogP contribution in [0.4, 0.5) is 0 Å². The Balaban J connectivity index is 2.19. The lowest BCUT2D eigenvalue weighted by Crippen LogP contribution is -2.09. The molecule has 1 fully saturated rings. The van der Waals surface area contributed by atoms with Gasteiger partial charge in [0.15, 0.2) is 0 Å². The summed E-state index contributed by atoms with van der Waals surface area (Å²) in [4.78, 5) is 11.5. The van der Waals surface area contributed by atoms with Crippen LogP contribution in [-0.2, 0) is 4.79 Å².